The van der Waals surface area contributed by atoms with E-state index in [1.807, 2.05) is 0 Å². The molecule has 1 N–H and O–H groups in total. The van der Waals surface area contributed by atoms with E-state index in [4.69, 9.17) is 4.84 Å². The number of aliphatic hydroxyl groups is 1. The molecular formula is C19H18FNO4. The lowest BCUT2D eigenvalue weighted by molar-refractivity contribution is -0.132. The average molecular weight is 343 g/mol. The number of amides is 1. The first-order valence-electron chi connectivity index (χ1n) is 8.06. The molecule has 25 heavy (non-hydrogen) atoms. The van der Waals surface area contributed by atoms with Crippen LogP contribution in [0.15, 0.2) is 48.5 Å². The summed E-state index contributed by atoms with van der Waals surface area (Å²) in [4.78, 5) is 26.4. The standard InChI is InChI=1S/C13H14FNO4.C6H4/c14-10-6-4-9(5-7-10)11(17)2-1-3-12(18)15-13(8-16)19-15;1-2-6-4-3-5(1)6/h4-8,11,13,17H,1-3H2;1-4H/t11-,13?,15?;/m0./s1. The number of benzene rings is 2. The van der Waals surface area contributed by atoms with Crippen molar-refractivity contribution < 1.29 is 23.9 Å². The monoisotopic (exact) mass is 343 g/mol. The van der Waals surface area contributed by atoms with Crippen molar-refractivity contribution in [1.29, 1.82) is 0 Å². The largest absolute Gasteiger partial charge is 0.388 e. The molecule has 2 aliphatic carbocycles. The van der Waals surface area contributed by atoms with Crippen LogP contribution in [0.5, 0.6) is 0 Å². The maximum atomic E-state index is 12.7. The Bertz CT molecular complexity index is 724. The number of nitrogens with zero attached hydrogens (tertiary/aromatic N) is 1. The summed E-state index contributed by atoms with van der Waals surface area (Å²) in [6.45, 7) is 0. The molecule has 1 unspecified atom stereocenters. The zero-order valence-electron chi connectivity index (χ0n) is 13.5. The van der Waals surface area contributed by atoms with Crippen LogP contribution in [-0.4, -0.2) is 28.6 Å². The highest BCUT2D eigenvalue weighted by atomic mass is 19.1. The molecule has 4 rings (SSSR count). The predicted octanol–water partition coefficient (Wildman–Crippen LogP) is 3.00. The summed E-state index contributed by atoms with van der Waals surface area (Å²) >= 11 is 0. The topological polar surface area (TPSA) is 69.9 Å². The van der Waals surface area contributed by atoms with E-state index in [9.17, 15) is 19.1 Å². The second-order valence-electron chi connectivity index (χ2n) is 5.89. The lowest BCUT2D eigenvalue weighted by atomic mass is 9.95. The van der Waals surface area contributed by atoms with E-state index >= 15 is 0 Å². The van der Waals surface area contributed by atoms with Crippen molar-refractivity contribution in [3.05, 3.63) is 59.9 Å². The third kappa shape index (κ3) is 4.29. The second-order valence-corrected chi connectivity index (χ2v) is 5.89. The van der Waals surface area contributed by atoms with E-state index < -0.39 is 12.3 Å². The Morgan fingerprint density at radius 1 is 1.16 bits per heavy atom. The van der Waals surface area contributed by atoms with E-state index in [2.05, 4.69) is 24.3 Å². The SMILES string of the molecule is O=CC1ON1C(=O)CCC[C@H](O)c1ccc(F)cc1.c1cc2ccc1-2. The van der Waals surface area contributed by atoms with Crippen LogP contribution in [0, 0.1) is 5.82 Å². The fraction of sp³-hybridized carbons (Fsp3) is 0.263. The first kappa shape index (κ1) is 17.3. The van der Waals surface area contributed by atoms with Gasteiger partial charge < -0.3 is 5.11 Å². The Kier molecular flexibility index (Phi) is 5.21. The normalized spacial score (nSPS) is 17.2. The molecule has 1 heterocycles. The van der Waals surface area contributed by atoms with Crippen molar-refractivity contribution in [3.8, 4) is 11.1 Å². The van der Waals surface area contributed by atoms with Gasteiger partial charge in [0.05, 0.1) is 6.10 Å². The summed E-state index contributed by atoms with van der Waals surface area (Å²) in [7, 11) is 0. The Labute approximate surface area is 144 Å². The Morgan fingerprint density at radius 2 is 1.76 bits per heavy atom. The summed E-state index contributed by atoms with van der Waals surface area (Å²) in [5.74, 6) is -0.631. The van der Waals surface area contributed by atoms with Crippen LogP contribution >= 0.6 is 0 Å². The minimum Gasteiger partial charge on any atom is -0.388 e. The number of halogens is 1. The van der Waals surface area contributed by atoms with Crippen molar-refractivity contribution in [3.63, 3.8) is 0 Å². The van der Waals surface area contributed by atoms with Crippen molar-refractivity contribution >= 4 is 12.2 Å². The first-order chi connectivity index (χ1) is 12.1. The third-order valence-corrected chi connectivity index (χ3v) is 4.11. The maximum Gasteiger partial charge on any atom is 0.249 e. The van der Waals surface area contributed by atoms with Gasteiger partial charge in [-0.2, -0.15) is 5.06 Å². The average Bonchev–Trinajstić information content (AvgIpc) is 3.39. The number of fused-ring (bicyclic) bond motifs is 1. The number of aliphatic hydroxyl groups excluding tert-OH is 1. The lowest BCUT2D eigenvalue weighted by Crippen LogP contribution is -2.13. The van der Waals surface area contributed by atoms with Crippen LogP contribution < -0.4 is 0 Å². The zero-order chi connectivity index (χ0) is 17.8. The van der Waals surface area contributed by atoms with Gasteiger partial charge in [-0.3, -0.25) is 9.59 Å². The summed E-state index contributed by atoms with van der Waals surface area (Å²) < 4.78 is 12.7. The van der Waals surface area contributed by atoms with Crippen molar-refractivity contribution in [2.24, 2.45) is 0 Å². The van der Waals surface area contributed by atoms with E-state index in [1.165, 1.54) is 35.4 Å². The van der Waals surface area contributed by atoms with Gasteiger partial charge in [0, 0.05) is 6.42 Å². The van der Waals surface area contributed by atoms with Crippen LogP contribution in [0.2, 0.25) is 0 Å². The van der Waals surface area contributed by atoms with Gasteiger partial charge in [0.1, 0.15) is 5.82 Å². The molecule has 1 amide bonds. The highest BCUT2D eigenvalue weighted by Crippen LogP contribution is 2.29. The minimum absolute atomic E-state index is 0.197. The van der Waals surface area contributed by atoms with Crippen LogP contribution in [0.25, 0.3) is 11.1 Å². The number of hydrogen-bond acceptors (Lipinski definition) is 4. The van der Waals surface area contributed by atoms with E-state index in [1.54, 1.807) is 0 Å². The molecule has 0 bridgehead atoms. The van der Waals surface area contributed by atoms with E-state index in [0.717, 1.165) is 5.06 Å². The van der Waals surface area contributed by atoms with Crippen LogP contribution in [0.1, 0.15) is 30.9 Å². The molecule has 5 nitrogen and oxygen atoms in total. The molecule has 6 heteroatoms. The lowest BCUT2D eigenvalue weighted by Gasteiger charge is -2.10. The molecular weight excluding hydrogens is 325 g/mol. The second kappa shape index (κ2) is 7.55. The van der Waals surface area contributed by atoms with Gasteiger partial charge in [0.25, 0.3) is 0 Å². The third-order valence-electron chi connectivity index (χ3n) is 4.11. The molecule has 1 aliphatic heterocycles. The Hall–Kier alpha value is -2.57. The molecule has 0 saturated carbocycles. The molecule has 2 atom stereocenters. The number of hydrogen-bond donors (Lipinski definition) is 1. The first-order valence-corrected chi connectivity index (χ1v) is 8.06. The Balaban J connectivity index is 0.000000250. The highest BCUT2D eigenvalue weighted by molar-refractivity contribution is 5.80. The molecule has 1 aromatic carbocycles. The number of carbonyl (C=O) groups is 2. The molecule has 0 radical (unpaired) electrons. The zero-order valence-corrected chi connectivity index (χ0v) is 13.5. The molecule has 0 aromatic heterocycles. The molecule has 1 aromatic rings. The van der Waals surface area contributed by atoms with Gasteiger partial charge in [-0.15, -0.1) is 0 Å². The molecule has 3 aliphatic rings. The van der Waals surface area contributed by atoms with Crippen molar-refractivity contribution in [2.45, 2.75) is 31.6 Å². The van der Waals surface area contributed by atoms with E-state index in [0.29, 0.717) is 24.7 Å². The van der Waals surface area contributed by atoms with Gasteiger partial charge in [0.2, 0.25) is 12.1 Å². The minimum atomic E-state index is -0.741. The summed E-state index contributed by atoms with van der Waals surface area (Å²) in [6.07, 6.45) is 0.119. The molecule has 0 spiro atoms. The van der Waals surface area contributed by atoms with Gasteiger partial charge in [0.15, 0.2) is 6.29 Å². The smallest absolute Gasteiger partial charge is 0.249 e. The van der Waals surface area contributed by atoms with Crippen molar-refractivity contribution in [1.82, 2.24) is 5.06 Å². The van der Waals surface area contributed by atoms with Crippen molar-refractivity contribution in [2.75, 3.05) is 0 Å². The number of hydroxylamine groups is 2. The fourth-order valence-corrected chi connectivity index (χ4v) is 2.44. The van der Waals surface area contributed by atoms with Gasteiger partial charge in [-0.05, 0) is 41.7 Å². The molecule has 1 fully saturated rings. The number of rotatable bonds is 6. The number of carbonyl (C=O) groups excluding carboxylic acids is 2. The van der Waals surface area contributed by atoms with Gasteiger partial charge in [-0.1, -0.05) is 36.4 Å². The summed E-state index contributed by atoms with van der Waals surface area (Å²) in [6, 6.07) is 14.1. The van der Waals surface area contributed by atoms with Crippen LogP contribution in [0.3, 0.4) is 0 Å². The van der Waals surface area contributed by atoms with Crippen LogP contribution in [-0.2, 0) is 14.4 Å². The van der Waals surface area contributed by atoms with Crippen LogP contribution in [0.4, 0.5) is 4.39 Å². The Morgan fingerprint density at radius 3 is 2.20 bits per heavy atom. The maximum absolute atomic E-state index is 12.7. The highest BCUT2D eigenvalue weighted by Gasteiger charge is 2.40. The molecule has 1 saturated heterocycles. The fourth-order valence-electron chi connectivity index (χ4n) is 2.44. The quantitative estimate of drug-likeness (QED) is 0.552. The summed E-state index contributed by atoms with van der Waals surface area (Å²) in [5, 5.41) is 10.9. The molecule has 130 valence electrons. The summed E-state index contributed by atoms with van der Waals surface area (Å²) in [5.41, 5.74) is 3.47. The predicted molar refractivity (Wildman–Crippen MR) is 88.4 cm³/mol. The van der Waals surface area contributed by atoms with Gasteiger partial charge in [-0.25, -0.2) is 9.23 Å². The number of aldehydes is 1. The van der Waals surface area contributed by atoms with Gasteiger partial charge >= 0.3 is 0 Å². The van der Waals surface area contributed by atoms with E-state index in [-0.39, 0.29) is 18.1 Å².